The zero-order valence-corrected chi connectivity index (χ0v) is 12.4. The second-order valence-electron chi connectivity index (χ2n) is 6.13. The third-order valence-electron chi connectivity index (χ3n) is 4.41. The Morgan fingerprint density at radius 2 is 2.10 bits per heavy atom. The molecule has 0 N–H and O–H groups in total. The molecule has 0 bridgehead atoms. The fourth-order valence-electron chi connectivity index (χ4n) is 3.22. The van der Waals surface area contributed by atoms with Crippen molar-refractivity contribution in [3.63, 3.8) is 0 Å². The zero-order chi connectivity index (χ0) is 14.8. The number of fused-ring (bicyclic) bond motifs is 1. The van der Waals surface area contributed by atoms with Gasteiger partial charge in [-0.25, -0.2) is 4.98 Å². The van der Waals surface area contributed by atoms with Gasteiger partial charge < -0.3 is 4.57 Å². The van der Waals surface area contributed by atoms with E-state index < -0.39 is 0 Å². The van der Waals surface area contributed by atoms with E-state index in [0.29, 0.717) is 23.2 Å². The van der Waals surface area contributed by atoms with Crippen molar-refractivity contribution in [3.05, 3.63) is 29.1 Å². The Morgan fingerprint density at radius 1 is 1.33 bits per heavy atom. The van der Waals surface area contributed by atoms with Gasteiger partial charge in [0.15, 0.2) is 5.78 Å². The quantitative estimate of drug-likeness (QED) is 0.847. The first kappa shape index (κ1) is 14.0. The number of nitrogens with zero attached hydrogens (tertiary/aromatic N) is 3. The van der Waals surface area contributed by atoms with Crippen molar-refractivity contribution in [2.24, 2.45) is 13.0 Å². The molecule has 2 aromatic rings. The van der Waals surface area contributed by atoms with Crippen LogP contribution >= 0.6 is 0 Å². The lowest BCUT2D eigenvalue weighted by atomic mass is 10.0. The summed E-state index contributed by atoms with van der Waals surface area (Å²) in [6.07, 6.45) is 11.7. The van der Waals surface area contributed by atoms with E-state index in [9.17, 15) is 9.59 Å². The van der Waals surface area contributed by atoms with E-state index in [-0.39, 0.29) is 17.9 Å². The Hall–Kier alpha value is -1.91. The molecule has 2 aromatic heterocycles. The SMILES string of the molecule is Cn1cc2ncn(CC(=O)CCC3CCCC3)c(=O)c2c1. The molecule has 1 aliphatic carbocycles. The summed E-state index contributed by atoms with van der Waals surface area (Å²) in [4.78, 5) is 28.6. The highest BCUT2D eigenvalue weighted by molar-refractivity contribution is 5.80. The highest BCUT2D eigenvalue weighted by Gasteiger charge is 2.16. The summed E-state index contributed by atoms with van der Waals surface area (Å²) < 4.78 is 3.24. The molecule has 1 saturated carbocycles. The average Bonchev–Trinajstić information content (AvgIpc) is 3.09. The van der Waals surface area contributed by atoms with Gasteiger partial charge in [0.2, 0.25) is 0 Å². The van der Waals surface area contributed by atoms with E-state index in [1.807, 2.05) is 17.8 Å². The van der Waals surface area contributed by atoms with Gasteiger partial charge in [-0.15, -0.1) is 0 Å². The molecule has 1 aliphatic rings. The minimum absolute atomic E-state index is 0.126. The molecule has 3 rings (SSSR count). The summed E-state index contributed by atoms with van der Waals surface area (Å²) in [7, 11) is 1.86. The van der Waals surface area contributed by atoms with E-state index in [1.165, 1.54) is 36.6 Å². The van der Waals surface area contributed by atoms with Crippen LogP contribution in [0.5, 0.6) is 0 Å². The maximum Gasteiger partial charge on any atom is 0.263 e. The molecule has 0 aromatic carbocycles. The minimum atomic E-state index is -0.130. The van der Waals surface area contributed by atoms with Crippen LogP contribution in [-0.4, -0.2) is 19.9 Å². The summed E-state index contributed by atoms with van der Waals surface area (Å²) in [5.41, 5.74) is 0.548. The second kappa shape index (κ2) is 5.84. The van der Waals surface area contributed by atoms with Gasteiger partial charge in [-0.3, -0.25) is 14.2 Å². The minimum Gasteiger partial charge on any atom is -0.354 e. The number of carbonyl (C=O) groups excluding carboxylic acids is 1. The highest BCUT2D eigenvalue weighted by Crippen LogP contribution is 2.28. The number of aromatic nitrogens is 3. The Bertz CT molecular complexity index is 708. The number of carbonyl (C=O) groups is 1. The van der Waals surface area contributed by atoms with Crippen molar-refractivity contribution in [2.45, 2.75) is 45.1 Å². The lowest BCUT2D eigenvalue weighted by molar-refractivity contribution is -0.120. The number of Topliss-reactive ketones (excluding diaryl/α,β-unsaturated/α-hetero) is 1. The zero-order valence-electron chi connectivity index (χ0n) is 12.4. The number of hydrogen-bond donors (Lipinski definition) is 0. The number of aryl methyl sites for hydroxylation is 1. The van der Waals surface area contributed by atoms with Crippen molar-refractivity contribution in [1.29, 1.82) is 0 Å². The maximum atomic E-state index is 12.3. The van der Waals surface area contributed by atoms with Crippen LogP contribution in [0.25, 0.3) is 10.9 Å². The third kappa shape index (κ3) is 3.06. The molecule has 0 aliphatic heterocycles. The van der Waals surface area contributed by atoms with Gasteiger partial charge in [-0.05, 0) is 12.3 Å². The van der Waals surface area contributed by atoms with Gasteiger partial charge in [0.1, 0.15) is 0 Å². The highest BCUT2D eigenvalue weighted by atomic mass is 16.1. The molecule has 0 saturated heterocycles. The van der Waals surface area contributed by atoms with Gasteiger partial charge in [0.25, 0.3) is 5.56 Å². The Kier molecular flexibility index (Phi) is 3.90. The van der Waals surface area contributed by atoms with Crippen LogP contribution in [0.2, 0.25) is 0 Å². The molecule has 2 heterocycles. The lowest BCUT2D eigenvalue weighted by Crippen LogP contribution is -2.24. The molecule has 5 heteroatoms. The van der Waals surface area contributed by atoms with E-state index in [2.05, 4.69) is 4.98 Å². The average molecular weight is 287 g/mol. The van der Waals surface area contributed by atoms with Gasteiger partial charge in [-0.2, -0.15) is 0 Å². The Morgan fingerprint density at radius 3 is 2.86 bits per heavy atom. The molecular formula is C16H21N3O2. The number of hydrogen-bond acceptors (Lipinski definition) is 3. The molecule has 0 atom stereocenters. The fraction of sp³-hybridized carbons (Fsp3) is 0.562. The number of ketones is 1. The van der Waals surface area contributed by atoms with Crippen molar-refractivity contribution in [2.75, 3.05) is 0 Å². The molecule has 0 radical (unpaired) electrons. The predicted molar refractivity (Wildman–Crippen MR) is 81.2 cm³/mol. The van der Waals surface area contributed by atoms with Crippen molar-refractivity contribution in [3.8, 4) is 0 Å². The topological polar surface area (TPSA) is 56.9 Å². The first-order valence-electron chi connectivity index (χ1n) is 7.66. The third-order valence-corrected chi connectivity index (χ3v) is 4.41. The molecule has 5 nitrogen and oxygen atoms in total. The summed E-state index contributed by atoms with van der Waals surface area (Å²) in [5.74, 6) is 0.835. The Balaban J connectivity index is 1.67. The van der Waals surface area contributed by atoms with Crippen molar-refractivity contribution >= 4 is 16.7 Å². The standard InChI is InChI=1S/C16H21N3O2/c1-18-9-14-15(10-18)17-11-19(16(14)21)8-13(20)7-6-12-4-2-3-5-12/h9-12H,2-8H2,1H3. The van der Waals surface area contributed by atoms with E-state index in [1.54, 1.807) is 6.20 Å². The molecule has 0 amide bonds. The molecule has 0 spiro atoms. The lowest BCUT2D eigenvalue weighted by Gasteiger charge is -2.08. The largest absolute Gasteiger partial charge is 0.354 e. The summed E-state index contributed by atoms with van der Waals surface area (Å²) in [6, 6.07) is 0. The summed E-state index contributed by atoms with van der Waals surface area (Å²) >= 11 is 0. The second-order valence-corrected chi connectivity index (χ2v) is 6.13. The summed E-state index contributed by atoms with van der Waals surface area (Å²) in [5, 5.41) is 0.573. The van der Waals surface area contributed by atoms with Crippen LogP contribution in [0.15, 0.2) is 23.5 Å². The van der Waals surface area contributed by atoms with Gasteiger partial charge in [0.05, 0.1) is 23.8 Å². The van der Waals surface area contributed by atoms with E-state index in [0.717, 1.165) is 6.42 Å². The van der Waals surface area contributed by atoms with Crippen LogP contribution in [0.3, 0.4) is 0 Å². The summed E-state index contributed by atoms with van der Waals surface area (Å²) in [6.45, 7) is 0.142. The predicted octanol–water partition coefficient (Wildman–Crippen LogP) is 2.27. The van der Waals surface area contributed by atoms with Crippen molar-refractivity contribution in [1.82, 2.24) is 14.1 Å². The van der Waals surface area contributed by atoms with Crippen LogP contribution in [-0.2, 0) is 18.4 Å². The molecule has 1 fully saturated rings. The fourth-order valence-corrected chi connectivity index (χ4v) is 3.22. The molecule has 112 valence electrons. The van der Waals surface area contributed by atoms with E-state index >= 15 is 0 Å². The van der Waals surface area contributed by atoms with Crippen LogP contribution < -0.4 is 5.56 Å². The van der Waals surface area contributed by atoms with Crippen molar-refractivity contribution < 1.29 is 4.79 Å². The first-order chi connectivity index (χ1) is 10.1. The smallest absolute Gasteiger partial charge is 0.263 e. The van der Waals surface area contributed by atoms with E-state index in [4.69, 9.17) is 0 Å². The Labute approximate surface area is 123 Å². The number of rotatable bonds is 5. The van der Waals surface area contributed by atoms with Crippen LogP contribution in [0.4, 0.5) is 0 Å². The molecule has 21 heavy (non-hydrogen) atoms. The van der Waals surface area contributed by atoms with Gasteiger partial charge >= 0.3 is 0 Å². The van der Waals surface area contributed by atoms with Gasteiger partial charge in [-0.1, -0.05) is 25.7 Å². The molecule has 0 unspecified atom stereocenters. The van der Waals surface area contributed by atoms with Crippen LogP contribution in [0, 0.1) is 5.92 Å². The first-order valence-corrected chi connectivity index (χ1v) is 7.66. The van der Waals surface area contributed by atoms with Crippen LogP contribution in [0.1, 0.15) is 38.5 Å². The maximum absolute atomic E-state index is 12.3. The normalized spacial score (nSPS) is 15.9. The molecular weight excluding hydrogens is 266 g/mol. The van der Waals surface area contributed by atoms with Gasteiger partial charge in [0, 0.05) is 25.9 Å². The monoisotopic (exact) mass is 287 g/mol.